The second kappa shape index (κ2) is 15.6. The number of para-hydroxylation sites is 4. The van der Waals surface area contributed by atoms with Crippen LogP contribution in [0.15, 0.2) is 219 Å². The summed E-state index contributed by atoms with van der Waals surface area (Å²) in [7, 11) is 0. The van der Waals surface area contributed by atoms with Crippen LogP contribution in [0.2, 0.25) is 0 Å². The minimum absolute atomic E-state index is 0.861. The standard InChI is InChI=1S/C58H36N6/c1-9-41-13-5-29-59-55(41)47(17-1)51-33-45(34-52(63-51)48-18-2-10-42-14-6-30-60-56(42)48)39-25-21-37(22-26-39)38-23-27-40(28-24-38)46-35-53(49-19-3-11-43-15-7-31-61-57(43)49)64-54(36-46)50-20-4-12-44-16-8-32-62-58(44)50/h1-36H. The average Bonchev–Trinajstić information content (AvgIpc) is 3.38. The van der Waals surface area contributed by atoms with Crippen molar-refractivity contribution in [3.05, 3.63) is 219 Å². The monoisotopic (exact) mass is 816 g/mol. The molecule has 0 amide bonds. The first kappa shape index (κ1) is 37.1. The van der Waals surface area contributed by atoms with Crippen LogP contribution >= 0.6 is 0 Å². The summed E-state index contributed by atoms with van der Waals surface area (Å²) in [4.78, 5) is 29.7. The summed E-state index contributed by atoms with van der Waals surface area (Å²) < 4.78 is 0. The minimum atomic E-state index is 0.861. The Labute approximate surface area is 369 Å². The summed E-state index contributed by atoms with van der Waals surface area (Å²) in [6.45, 7) is 0. The Kier molecular flexibility index (Phi) is 9.05. The van der Waals surface area contributed by atoms with Crippen LogP contribution in [0.4, 0.5) is 0 Å². The Hall–Kier alpha value is -8.74. The summed E-state index contributed by atoms with van der Waals surface area (Å²) in [6.07, 6.45) is 7.37. The summed E-state index contributed by atoms with van der Waals surface area (Å²) in [5, 5.41) is 4.30. The van der Waals surface area contributed by atoms with Crippen LogP contribution in [0.5, 0.6) is 0 Å². The molecule has 6 heteroatoms. The highest BCUT2D eigenvalue weighted by molar-refractivity contribution is 5.98. The van der Waals surface area contributed by atoms with Gasteiger partial charge in [-0.1, -0.05) is 146 Å². The highest BCUT2D eigenvalue weighted by Gasteiger charge is 2.17. The molecule has 0 atom stereocenters. The fourth-order valence-electron chi connectivity index (χ4n) is 8.90. The van der Waals surface area contributed by atoms with Gasteiger partial charge in [0.15, 0.2) is 0 Å². The molecular weight excluding hydrogens is 781 g/mol. The SMILES string of the molecule is c1cnc2c(-c3cc(-c4ccc(-c5ccc(-c6cc(-c7cccc8cccnc78)nc(-c7cccc8cccnc78)c6)cc5)cc4)cc(-c4cccc5cccnc45)n3)cccc2c1. The van der Waals surface area contributed by atoms with Gasteiger partial charge in [0.05, 0.1) is 44.8 Å². The molecule has 6 heterocycles. The maximum absolute atomic E-state index is 5.28. The van der Waals surface area contributed by atoms with E-state index in [1.165, 1.54) is 0 Å². The number of pyridine rings is 6. The third-order valence-electron chi connectivity index (χ3n) is 12.1. The van der Waals surface area contributed by atoms with Gasteiger partial charge in [-0.3, -0.25) is 19.9 Å². The van der Waals surface area contributed by atoms with Crippen LogP contribution < -0.4 is 0 Å². The fourth-order valence-corrected chi connectivity index (χ4v) is 8.90. The predicted molar refractivity (Wildman–Crippen MR) is 261 cm³/mol. The van der Waals surface area contributed by atoms with Crippen LogP contribution in [0, 0.1) is 0 Å². The number of benzene rings is 6. The predicted octanol–water partition coefficient (Wildman–Crippen LogP) is 14.3. The van der Waals surface area contributed by atoms with Gasteiger partial charge in [0.25, 0.3) is 0 Å². The van der Waals surface area contributed by atoms with E-state index in [9.17, 15) is 0 Å². The second-order valence-electron chi connectivity index (χ2n) is 15.9. The topological polar surface area (TPSA) is 77.3 Å². The Morgan fingerprint density at radius 2 is 0.453 bits per heavy atom. The number of fused-ring (bicyclic) bond motifs is 4. The lowest BCUT2D eigenvalue weighted by molar-refractivity contribution is 1.31. The molecule has 0 aliphatic heterocycles. The Morgan fingerprint density at radius 1 is 0.219 bits per heavy atom. The smallest absolute Gasteiger partial charge is 0.0795 e. The molecule has 6 aromatic carbocycles. The van der Waals surface area contributed by atoms with Gasteiger partial charge in [-0.15, -0.1) is 0 Å². The molecule has 0 saturated heterocycles. The van der Waals surface area contributed by atoms with Crippen molar-refractivity contribution in [1.82, 2.24) is 29.9 Å². The zero-order valence-corrected chi connectivity index (χ0v) is 34.5. The summed E-state index contributed by atoms with van der Waals surface area (Å²) in [6, 6.07) is 67.7. The van der Waals surface area contributed by atoms with Crippen LogP contribution in [0.1, 0.15) is 0 Å². The van der Waals surface area contributed by atoms with Crippen LogP contribution in [0.3, 0.4) is 0 Å². The number of aromatic nitrogens is 6. The van der Waals surface area contributed by atoms with Gasteiger partial charge in [0, 0.05) is 68.6 Å². The maximum Gasteiger partial charge on any atom is 0.0795 e. The van der Waals surface area contributed by atoms with Gasteiger partial charge in [-0.05, 0) is 81.9 Å². The van der Waals surface area contributed by atoms with E-state index < -0.39 is 0 Å². The van der Waals surface area contributed by atoms with E-state index in [1.807, 2.05) is 49.1 Å². The molecule has 0 radical (unpaired) electrons. The van der Waals surface area contributed by atoms with Gasteiger partial charge in [0.1, 0.15) is 0 Å². The lowest BCUT2D eigenvalue weighted by Crippen LogP contribution is -1.94. The van der Waals surface area contributed by atoms with Crippen LogP contribution in [-0.4, -0.2) is 29.9 Å². The highest BCUT2D eigenvalue weighted by atomic mass is 14.8. The van der Waals surface area contributed by atoms with Crippen molar-refractivity contribution in [3.63, 3.8) is 0 Å². The van der Waals surface area contributed by atoms with Gasteiger partial charge in [-0.2, -0.15) is 0 Å². The first-order chi connectivity index (χ1) is 31.7. The molecule has 0 fully saturated rings. The quantitative estimate of drug-likeness (QED) is 0.159. The first-order valence-corrected chi connectivity index (χ1v) is 21.3. The van der Waals surface area contributed by atoms with Crippen molar-refractivity contribution in [2.75, 3.05) is 0 Å². The van der Waals surface area contributed by atoms with Crippen molar-refractivity contribution < 1.29 is 0 Å². The lowest BCUT2D eigenvalue weighted by atomic mass is 9.95. The molecule has 6 nitrogen and oxygen atoms in total. The molecule has 298 valence electrons. The molecule has 6 aromatic heterocycles. The van der Waals surface area contributed by atoms with E-state index in [0.717, 1.165) is 122 Å². The molecule has 0 unspecified atom stereocenters. The van der Waals surface area contributed by atoms with Crippen molar-refractivity contribution in [1.29, 1.82) is 0 Å². The van der Waals surface area contributed by atoms with Crippen molar-refractivity contribution in [2.45, 2.75) is 0 Å². The Morgan fingerprint density at radius 3 is 0.719 bits per heavy atom. The molecule has 0 aliphatic rings. The molecule has 12 rings (SSSR count). The van der Waals surface area contributed by atoms with Crippen molar-refractivity contribution >= 4 is 43.6 Å². The van der Waals surface area contributed by atoms with E-state index in [4.69, 9.17) is 29.9 Å². The molecule has 0 N–H and O–H groups in total. The molecular formula is C58H36N6. The third-order valence-corrected chi connectivity index (χ3v) is 12.1. The number of hydrogen-bond acceptors (Lipinski definition) is 6. The molecule has 64 heavy (non-hydrogen) atoms. The van der Waals surface area contributed by atoms with Gasteiger partial charge in [-0.25, -0.2) is 9.97 Å². The van der Waals surface area contributed by atoms with E-state index in [2.05, 4.69) is 170 Å². The summed E-state index contributed by atoms with van der Waals surface area (Å²) in [5.41, 5.74) is 17.7. The minimum Gasteiger partial charge on any atom is -0.256 e. The Balaban J connectivity index is 0.925. The molecule has 12 aromatic rings. The summed E-state index contributed by atoms with van der Waals surface area (Å²) >= 11 is 0. The normalized spacial score (nSPS) is 11.4. The van der Waals surface area contributed by atoms with Gasteiger partial charge in [0.2, 0.25) is 0 Å². The van der Waals surface area contributed by atoms with Crippen LogP contribution in [-0.2, 0) is 0 Å². The molecule has 0 aliphatic carbocycles. The third kappa shape index (κ3) is 6.71. The number of rotatable bonds is 7. The highest BCUT2D eigenvalue weighted by Crippen LogP contribution is 2.38. The van der Waals surface area contributed by atoms with E-state index in [1.54, 1.807) is 0 Å². The zero-order valence-electron chi connectivity index (χ0n) is 34.5. The zero-order chi connectivity index (χ0) is 42.4. The van der Waals surface area contributed by atoms with E-state index in [-0.39, 0.29) is 0 Å². The second-order valence-corrected chi connectivity index (χ2v) is 15.9. The summed E-state index contributed by atoms with van der Waals surface area (Å²) in [5.74, 6) is 0. The molecule has 0 spiro atoms. The Bertz CT molecular complexity index is 3270. The maximum atomic E-state index is 5.28. The molecule has 0 saturated carbocycles. The van der Waals surface area contributed by atoms with E-state index >= 15 is 0 Å². The average molecular weight is 817 g/mol. The van der Waals surface area contributed by atoms with Gasteiger partial charge >= 0.3 is 0 Å². The largest absolute Gasteiger partial charge is 0.256 e. The number of hydrogen-bond donors (Lipinski definition) is 0. The van der Waals surface area contributed by atoms with Gasteiger partial charge < -0.3 is 0 Å². The first-order valence-electron chi connectivity index (χ1n) is 21.3. The lowest BCUT2D eigenvalue weighted by Gasteiger charge is -2.14. The van der Waals surface area contributed by atoms with Crippen molar-refractivity contribution in [2.24, 2.45) is 0 Å². The molecule has 0 bridgehead atoms. The van der Waals surface area contributed by atoms with E-state index in [0.29, 0.717) is 0 Å². The van der Waals surface area contributed by atoms with Crippen LogP contribution in [0.25, 0.3) is 122 Å². The van der Waals surface area contributed by atoms with Crippen molar-refractivity contribution in [3.8, 4) is 78.4 Å². The fraction of sp³-hybridized carbons (Fsp3) is 0. The number of nitrogens with zero attached hydrogens (tertiary/aromatic N) is 6.